The Morgan fingerprint density at radius 1 is 0.976 bits per heavy atom. The van der Waals surface area contributed by atoms with Crippen molar-refractivity contribution in [1.82, 2.24) is 10.2 Å². The van der Waals surface area contributed by atoms with Crippen LogP contribution in [0.15, 0.2) is 60.7 Å². The van der Waals surface area contributed by atoms with E-state index in [0.29, 0.717) is 6.54 Å². The summed E-state index contributed by atoms with van der Waals surface area (Å²) in [6.45, 7) is 4.31. The van der Waals surface area contributed by atoms with Crippen LogP contribution in [0.5, 0.6) is 5.75 Å². The highest BCUT2D eigenvalue weighted by molar-refractivity contribution is 5.94. The number of benzene rings is 3. The van der Waals surface area contributed by atoms with Crippen molar-refractivity contribution in [2.75, 3.05) is 33.5 Å². The summed E-state index contributed by atoms with van der Waals surface area (Å²) in [6.07, 6.45) is 7.70. The van der Waals surface area contributed by atoms with Crippen LogP contribution in [0.2, 0.25) is 0 Å². The van der Waals surface area contributed by atoms with E-state index < -0.39 is 0 Å². The molecule has 1 heterocycles. The van der Waals surface area contributed by atoms with Gasteiger partial charge in [0.2, 0.25) is 0 Å². The van der Waals surface area contributed by atoms with Crippen molar-refractivity contribution in [2.45, 2.75) is 63.2 Å². The minimum atomic E-state index is -0.313. The molecule has 5 fully saturated rings. The monoisotopic (exact) mass is 554 g/mol. The van der Waals surface area contributed by atoms with Crippen LogP contribution in [0.1, 0.15) is 73.0 Å². The third-order valence-corrected chi connectivity index (χ3v) is 10.3. The summed E-state index contributed by atoms with van der Waals surface area (Å²) in [5, 5.41) is 5.91. The predicted octanol–water partition coefficient (Wildman–Crippen LogP) is 6.44. The number of fused-ring (bicyclic) bond motifs is 1. The van der Waals surface area contributed by atoms with Gasteiger partial charge in [0.15, 0.2) is 13.1 Å². The van der Waals surface area contributed by atoms with Crippen molar-refractivity contribution in [3.63, 3.8) is 0 Å². The lowest BCUT2D eigenvalue weighted by Crippen LogP contribution is -2.48. The molecule has 4 bridgehead atoms. The Labute approximate surface area is 243 Å². The second-order valence-corrected chi connectivity index (χ2v) is 13.0. The molecule has 3 aromatic carbocycles. The Bertz CT molecular complexity index is 1370. The minimum Gasteiger partial charge on any atom is -0.467 e. The van der Waals surface area contributed by atoms with Crippen molar-refractivity contribution in [1.29, 1.82) is 0 Å². The topological polar surface area (TPSA) is 60.0 Å². The molecule has 5 aliphatic rings. The molecule has 41 heavy (non-hydrogen) atoms. The summed E-state index contributed by atoms with van der Waals surface area (Å²) in [4.78, 5) is 15.6. The third-order valence-electron chi connectivity index (χ3n) is 10.3. The SMILES string of the molecule is COC(C)OCOc1cc2ccc(C3CNCCN3C(=O)c3ccccc3)cc2cc1C12CC3CC(CC(C3)C1)C2. The van der Waals surface area contributed by atoms with Crippen molar-refractivity contribution in [3.05, 3.63) is 77.4 Å². The molecule has 6 heteroatoms. The van der Waals surface area contributed by atoms with E-state index >= 15 is 0 Å². The highest BCUT2D eigenvalue weighted by Gasteiger charge is 2.52. The van der Waals surface area contributed by atoms with Gasteiger partial charge in [-0.3, -0.25) is 4.79 Å². The second-order valence-electron chi connectivity index (χ2n) is 13.0. The summed E-state index contributed by atoms with van der Waals surface area (Å²) in [6, 6.07) is 21.0. The van der Waals surface area contributed by atoms with Gasteiger partial charge in [0.1, 0.15) is 5.75 Å². The lowest BCUT2D eigenvalue weighted by molar-refractivity contribution is -0.150. The average molecular weight is 555 g/mol. The van der Waals surface area contributed by atoms with Gasteiger partial charge in [-0.05, 0) is 115 Å². The molecule has 1 N–H and O–H groups in total. The van der Waals surface area contributed by atoms with Gasteiger partial charge in [-0.25, -0.2) is 0 Å². The number of nitrogens with one attached hydrogen (secondary N) is 1. The molecule has 2 atom stereocenters. The van der Waals surface area contributed by atoms with Crippen molar-refractivity contribution in [2.24, 2.45) is 17.8 Å². The minimum absolute atomic E-state index is 0.0105. The number of hydrogen-bond donors (Lipinski definition) is 1. The van der Waals surface area contributed by atoms with Crippen LogP contribution in [0.25, 0.3) is 10.8 Å². The fourth-order valence-electron chi connectivity index (χ4n) is 8.73. The smallest absolute Gasteiger partial charge is 0.254 e. The lowest BCUT2D eigenvalue weighted by atomic mass is 9.48. The zero-order valence-corrected chi connectivity index (χ0v) is 24.3. The second kappa shape index (κ2) is 11.0. The maximum absolute atomic E-state index is 13.5. The summed E-state index contributed by atoms with van der Waals surface area (Å²) in [5.74, 6) is 3.57. The molecule has 0 aromatic heterocycles. The van der Waals surface area contributed by atoms with Gasteiger partial charge in [0.05, 0.1) is 6.04 Å². The number of methoxy groups -OCH3 is 1. The first kappa shape index (κ1) is 26.9. The van der Waals surface area contributed by atoms with E-state index in [1.807, 2.05) is 42.2 Å². The van der Waals surface area contributed by atoms with E-state index in [0.717, 1.165) is 47.5 Å². The molecule has 4 aliphatic carbocycles. The first-order valence-corrected chi connectivity index (χ1v) is 15.4. The molecule has 0 spiro atoms. The molecule has 1 aliphatic heterocycles. The van der Waals surface area contributed by atoms with Gasteiger partial charge in [-0.1, -0.05) is 30.3 Å². The third kappa shape index (κ3) is 5.15. The van der Waals surface area contributed by atoms with Gasteiger partial charge < -0.3 is 24.4 Å². The molecule has 0 radical (unpaired) electrons. The Hall–Kier alpha value is -2.93. The van der Waals surface area contributed by atoms with Crippen LogP contribution in [0.3, 0.4) is 0 Å². The maximum atomic E-state index is 13.5. The molecule has 8 rings (SSSR count). The predicted molar refractivity (Wildman–Crippen MR) is 160 cm³/mol. The number of amides is 1. The Kier molecular flexibility index (Phi) is 7.26. The maximum Gasteiger partial charge on any atom is 0.254 e. The van der Waals surface area contributed by atoms with Crippen LogP contribution in [-0.4, -0.2) is 50.6 Å². The van der Waals surface area contributed by atoms with Crippen LogP contribution in [0.4, 0.5) is 0 Å². The number of carbonyl (C=O) groups is 1. The van der Waals surface area contributed by atoms with E-state index in [4.69, 9.17) is 14.2 Å². The number of rotatable bonds is 8. The number of carbonyl (C=O) groups excluding carboxylic acids is 1. The lowest BCUT2D eigenvalue weighted by Gasteiger charge is -2.57. The molecular weight excluding hydrogens is 512 g/mol. The van der Waals surface area contributed by atoms with E-state index in [9.17, 15) is 4.79 Å². The quantitative estimate of drug-likeness (QED) is 0.325. The number of ether oxygens (including phenoxy) is 3. The molecule has 1 amide bonds. The van der Waals surface area contributed by atoms with Crippen LogP contribution < -0.4 is 10.1 Å². The molecule has 4 saturated carbocycles. The molecule has 216 valence electrons. The zero-order chi connectivity index (χ0) is 28.0. The Morgan fingerprint density at radius 3 is 2.41 bits per heavy atom. The normalized spacial score (nSPS) is 29.6. The summed E-state index contributed by atoms with van der Waals surface area (Å²) >= 11 is 0. The Morgan fingerprint density at radius 2 is 1.71 bits per heavy atom. The molecule has 1 saturated heterocycles. The zero-order valence-electron chi connectivity index (χ0n) is 24.3. The Balaban J connectivity index is 1.25. The summed E-state index contributed by atoms with van der Waals surface area (Å²) < 4.78 is 17.4. The van der Waals surface area contributed by atoms with Crippen LogP contribution in [-0.2, 0) is 14.9 Å². The van der Waals surface area contributed by atoms with E-state index in [1.54, 1.807) is 7.11 Å². The largest absolute Gasteiger partial charge is 0.467 e. The highest BCUT2D eigenvalue weighted by Crippen LogP contribution is 2.62. The molecule has 2 unspecified atom stereocenters. The van der Waals surface area contributed by atoms with Crippen LogP contribution >= 0.6 is 0 Å². The van der Waals surface area contributed by atoms with E-state index in [-0.39, 0.29) is 30.4 Å². The number of hydrogen-bond acceptors (Lipinski definition) is 5. The number of nitrogens with zero attached hydrogens (tertiary/aromatic N) is 1. The van der Waals surface area contributed by atoms with Gasteiger partial charge >= 0.3 is 0 Å². The van der Waals surface area contributed by atoms with Gasteiger partial charge in [-0.2, -0.15) is 0 Å². The van der Waals surface area contributed by atoms with Crippen LogP contribution in [0, 0.1) is 17.8 Å². The fraction of sp³-hybridized carbons (Fsp3) is 0.514. The first-order valence-electron chi connectivity index (χ1n) is 15.4. The van der Waals surface area contributed by atoms with Crippen molar-refractivity contribution < 1.29 is 19.0 Å². The van der Waals surface area contributed by atoms with Gasteiger partial charge in [0.25, 0.3) is 5.91 Å². The highest BCUT2D eigenvalue weighted by atomic mass is 16.7. The molecular formula is C35H42N2O4. The first-order chi connectivity index (χ1) is 20.0. The average Bonchev–Trinajstić information content (AvgIpc) is 2.99. The summed E-state index contributed by atoms with van der Waals surface area (Å²) in [7, 11) is 1.65. The van der Waals surface area contributed by atoms with Crippen molar-refractivity contribution in [3.8, 4) is 5.75 Å². The van der Waals surface area contributed by atoms with Gasteiger partial charge in [0, 0.05) is 37.9 Å². The van der Waals surface area contributed by atoms with Gasteiger partial charge in [-0.15, -0.1) is 0 Å². The standard InChI is InChI=1S/C35H42N2O4/c1-23(39-2)40-22-41-33-17-28-8-9-29(32-21-36-10-11-37(32)34(38)27-6-4-3-5-7-27)15-30(28)16-31(33)35-18-24-12-25(19-35)14-26(13-24)20-35/h3-9,15-17,23-26,32,36H,10-14,18-22H2,1-2H3. The molecule has 6 nitrogen and oxygen atoms in total. The number of piperazine rings is 1. The summed E-state index contributed by atoms with van der Waals surface area (Å²) in [5.41, 5.74) is 3.46. The fourth-order valence-corrected chi connectivity index (χ4v) is 8.73. The van der Waals surface area contributed by atoms with E-state index in [1.165, 1.54) is 55.0 Å². The van der Waals surface area contributed by atoms with E-state index in [2.05, 4.69) is 35.6 Å². The molecule has 3 aromatic rings. The van der Waals surface area contributed by atoms with Crippen molar-refractivity contribution >= 4 is 16.7 Å².